The molecule has 1 fully saturated rings. The lowest BCUT2D eigenvalue weighted by atomic mass is 9.97. The van der Waals surface area contributed by atoms with Crippen molar-refractivity contribution in [2.45, 2.75) is 22.6 Å². The predicted octanol–water partition coefficient (Wildman–Crippen LogP) is 2.00. The minimum Gasteiger partial charge on any atom is -0.481 e. The Morgan fingerprint density at radius 3 is 2.50 bits per heavy atom. The highest BCUT2D eigenvalue weighted by atomic mass is 32.2. The van der Waals surface area contributed by atoms with Gasteiger partial charge in [0.05, 0.1) is 15.7 Å². The molecule has 0 aliphatic carbocycles. The van der Waals surface area contributed by atoms with E-state index >= 15 is 0 Å². The number of piperidine rings is 1. The molecular weight excluding hydrogens is 382 g/mol. The Kier molecular flexibility index (Phi) is 4.30. The van der Waals surface area contributed by atoms with Crippen LogP contribution in [0.25, 0.3) is 0 Å². The fourth-order valence-corrected chi connectivity index (χ4v) is 5.44. The number of amides is 1. The SMILES string of the molecule is O=C1c2ccccc2S(=O)(=O)c2cc(C(=O)N3CCC[C@H](C(=O)O)C3)ccc21. The first-order chi connectivity index (χ1) is 13.3. The van der Waals surface area contributed by atoms with Gasteiger partial charge in [0.2, 0.25) is 9.84 Å². The van der Waals surface area contributed by atoms with Crippen LogP contribution < -0.4 is 0 Å². The molecule has 8 heteroatoms. The second-order valence-electron chi connectivity index (χ2n) is 6.97. The van der Waals surface area contributed by atoms with Crippen LogP contribution in [0.5, 0.6) is 0 Å². The molecular formula is C20H17NO6S. The lowest BCUT2D eigenvalue weighted by molar-refractivity contribution is -0.143. The first-order valence-electron chi connectivity index (χ1n) is 8.85. The number of fused-ring (bicyclic) bond motifs is 2. The Hall–Kier alpha value is -3.00. The van der Waals surface area contributed by atoms with E-state index < -0.39 is 33.4 Å². The summed E-state index contributed by atoms with van der Waals surface area (Å²) in [6.07, 6.45) is 1.07. The van der Waals surface area contributed by atoms with Crippen molar-refractivity contribution >= 4 is 27.5 Å². The second kappa shape index (κ2) is 6.56. The van der Waals surface area contributed by atoms with Gasteiger partial charge in [0, 0.05) is 29.8 Å². The summed E-state index contributed by atoms with van der Waals surface area (Å²) in [6, 6.07) is 10.0. The summed E-state index contributed by atoms with van der Waals surface area (Å²) in [5, 5.41) is 9.20. The molecule has 2 aromatic rings. The number of carbonyl (C=O) groups excluding carboxylic acids is 2. The molecule has 144 valence electrons. The van der Waals surface area contributed by atoms with Crippen molar-refractivity contribution in [3.8, 4) is 0 Å². The third kappa shape index (κ3) is 2.80. The molecule has 2 heterocycles. The third-order valence-electron chi connectivity index (χ3n) is 5.24. The second-order valence-corrected chi connectivity index (χ2v) is 8.85. The van der Waals surface area contributed by atoms with Crippen molar-refractivity contribution in [3.05, 3.63) is 59.2 Å². The summed E-state index contributed by atoms with van der Waals surface area (Å²) in [7, 11) is -3.93. The lowest BCUT2D eigenvalue weighted by Crippen LogP contribution is -2.42. The number of nitrogens with zero attached hydrogens (tertiary/aromatic N) is 1. The summed E-state index contributed by atoms with van der Waals surface area (Å²) in [6.45, 7) is 0.494. The van der Waals surface area contributed by atoms with E-state index in [-0.39, 0.29) is 33.0 Å². The van der Waals surface area contributed by atoms with E-state index in [9.17, 15) is 27.9 Å². The third-order valence-corrected chi connectivity index (χ3v) is 7.09. The standard InChI is InChI=1S/C20H17NO6S/c22-18-14-5-1-2-6-16(14)28(26,27)17-10-12(7-8-15(17)18)19(23)21-9-3-4-13(11-21)20(24)25/h1-2,5-8,10,13H,3-4,9,11H2,(H,24,25)/t13-/m0/s1. The first-order valence-corrected chi connectivity index (χ1v) is 10.3. The molecule has 2 aliphatic rings. The molecule has 0 bridgehead atoms. The van der Waals surface area contributed by atoms with Crippen molar-refractivity contribution in [3.63, 3.8) is 0 Å². The zero-order chi connectivity index (χ0) is 20.1. The quantitative estimate of drug-likeness (QED) is 0.706. The highest BCUT2D eigenvalue weighted by molar-refractivity contribution is 7.91. The van der Waals surface area contributed by atoms with Crippen LogP contribution in [0.2, 0.25) is 0 Å². The number of carbonyl (C=O) groups is 3. The Morgan fingerprint density at radius 2 is 1.75 bits per heavy atom. The average molecular weight is 399 g/mol. The minimum absolute atomic E-state index is 0.0392. The van der Waals surface area contributed by atoms with Gasteiger partial charge < -0.3 is 10.0 Å². The number of aliphatic carboxylic acids is 1. The molecule has 0 spiro atoms. The number of sulfone groups is 1. The fourth-order valence-electron chi connectivity index (χ4n) is 3.76. The van der Waals surface area contributed by atoms with Crippen LogP contribution >= 0.6 is 0 Å². The van der Waals surface area contributed by atoms with Gasteiger partial charge in [0.15, 0.2) is 5.78 Å². The van der Waals surface area contributed by atoms with Crippen LogP contribution in [0.15, 0.2) is 52.3 Å². The Bertz CT molecular complexity index is 1120. The molecule has 1 saturated heterocycles. The topological polar surface area (TPSA) is 109 Å². The Balaban J connectivity index is 1.73. The maximum Gasteiger partial charge on any atom is 0.308 e. The number of carboxylic acid groups (broad SMARTS) is 1. The molecule has 7 nitrogen and oxygen atoms in total. The largest absolute Gasteiger partial charge is 0.481 e. The highest BCUT2D eigenvalue weighted by Crippen LogP contribution is 2.35. The van der Waals surface area contributed by atoms with Crippen molar-refractivity contribution in [2.24, 2.45) is 5.92 Å². The van der Waals surface area contributed by atoms with Crippen LogP contribution in [0.1, 0.15) is 39.1 Å². The monoisotopic (exact) mass is 399 g/mol. The zero-order valence-corrected chi connectivity index (χ0v) is 15.6. The van der Waals surface area contributed by atoms with E-state index in [1.807, 2.05) is 0 Å². The van der Waals surface area contributed by atoms with Gasteiger partial charge in [-0.25, -0.2) is 8.42 Å². The van der Waals surface area contributed by atoms with Crippen LogP contribution in [-0.4, -0.2) is 49.2 Å². The summed E-state index contributed by atoms with van der Waals surface area (Å²) >= 11 is 0. The van der Waals surface area contributed by atoms with E-state index in [4.69, 9.17) is 0 Å². The molecule has 2 aromatic carbocycles. The first kappa shape index (κ1) is 18.4. The highest BCUT2D eigenvalue weighted by Gasteiger charge is 2.36. The van der Waals surface area contributed by atoms with E-state index in [1.165, 1.54) is 35.2 Å². The maximum absolute atomic E-state index is 13.0. The minimum atomic E-state index is -3.93. The summed E-state index contributed by atoms with van der Waals surface area (Å²) < 4.78 is 26.0. The summed E-state index contributed by atoms with van der Waals surface area (Å²) in [5.41, 5.74) is 0.284. The van der Waals surface area contributed by atoms with Crippen LogP contribution in [0, 0.1) is 5.92 Å². The van der Waals surface area contributed by atoms with E-state index in [0.29, 0.717) is 19.4 Å². The van der Waals surface area contributed by atoms with Crippen molar-refractivity contribution in [1.29, 1.82) is 0 Å². The van der Waals surface area contributed by atoms with Gasteiger partial charge in [-0.2, -0.15) is 0 Å². The van der Waals surface area contributed by atoms with Gasteiger partial charge in [-0.1, -0.05) is 12.1 Å². The number of rotatable bonds is 2. The Morgan fingerprint density at radius 1 is 1.04 bits per heavy atom. The molecule has 1 amide bonds. The van der Waals surface area contributed by atoms with Gasteiger partial charge >= 0.3 is 5.97 Å². The normalized spacial score (nSPS) is 20.2. The number of likely N-dealkylation sites (tertiary alicyclic amines) is 1. The smallest absolute Gasteiger partial charge is 0.308 e. The van der Waals surface area contributed by atoms with Gasteiger partial charge in [-0.05, 0) is 43.2 Å². The van der Waals surface area contributed by atoms with Crippen molar-refractivity contribution in [2.75, 3.05) is 13.1 Å². The van der Waals surface area contributed by atoms with E-state index in [1.54, 1.807) is 12.1 Å². The van der Waals surface area contributed by atoms with Crippen molar-refractivity contribution < 1.29 is 27.9 Å². The van der Waals surface area contributed by atoms with Gasteiger partial charge in [-0.3, -0.25) is 14.4 Å². The van der Waals surface area contributed by atoms with Gasteiger partial charge in [0.1, 0.15) is 0 Å². The Labute approximate surface area is 161 Å². The van der Waals surface area contributed by atoms with Gasteiger partial charge in [0.25, 0.3) is 5.91 Å². The van der Waals surface area contributed by atoms with Gasteiger partial charge in [-0.15, -0.1) is 0 Å². The van der Waals surface area contributed by atoms with Crippen molar-refractivity contribution in [1.82, 2.24) is 4.90 Å². The number of carboxylic acids is 1. The maximum atomic E-state index is 13.0. The number of hydrogen-bond donors (Lipinski definition) is 1. The van der Waals surface area contributed by atoms with E-state index in [0.717, 1.165) is 0 Å². The predicted molar refractivity (Wildman–Crippen MR) is 98.0 cm³/mol. The summed E-state index contributed by atoms with van der Waals surface area (Å²) in [4.78, 5) is 37.9. The molecule has 0 unspecified atom stereocenters. The fraction of sp³-hybridized carbons (Fsp3) is 0.250. The van der Waals surface area contributed by atoms with E-state index in [2.05, 4.69) is 0 Å². The molecule has 2 aliphatic heterocycles. The molecule has 0 aromatic heterocycles. The zero-order valence-electron chi connectivity index (χ0n) is 14.8. The summed E-state index contributed by atoms with van der Waals surface area (Å²) in [5.74, 6) is -2.42. The number of ketones is 1. The molecule has 0 saturated carbocycles. The molecule has 1 atom stereocenters. The molecule has 28 heavy (non-hydrogen) atoms. The number of hydrogen-bond acceptors (Lipinski definition) is 5. The molecule has 0 radical (unpaired) electrons. The van der Waals surface area contributed by atoms with Crippen LogP contribution in [0.4, 0.5) is 0 Å². The average Bonchev–Trinajstić information content (AvgIpc) is 2.71. The lowest BCUT2D eigenvalue weighted by Gasteiger charge is -2.31. The van der Waals surface area contributed by atoms with Crippen LogP contribution in [-0.2, 0) is 14.6 Å². The van der Waals surface area contributed by atoms with Crippen LogP contribution in [0.3, 0.4) is 0 Å². The molecule has 4 rings (SSSR count). The number of benzene rings is 2. The molecule has 1 N–H and O–H groups in total.